The summed E-state index contributed by atoms with van der Waals surface area (Å²) in [4.78, 5) is 0. The van der Waals surface area contributed by atoms with Gasteiger partial charge in [-0.1, -0.05) is 13.0 Å². The van der Waals surface area contributed by atoms with E-state index in [0.29, 0.717) is 12.1 Å². The molecule has 0 aliphatic rings. The Balaban J connectivity index is 2.50. The minimum atomic E-state index is -0.583. The molecule has 0 heterocycles. The number of rotatable bonds is 5. The van der Waals surface area contributed by atoms with Crippen molar-refractivity contribution >= 4 is 0 Å². The molecule has 2 rings (SSSR count). The number of benzene rings is 2. The summed E-state index contributed by atoms with van der Waals surface area (Å²) in [6, 6.07) is 6.94. The summed E-state index contributed by atoms with van der Waals surface area (Å²) in [6.07, 6.45) is 0. The van der Waals surface area contributed by atoms with Gasteiger partial charge in [0.05, 0.1) is 13.2 Å². The smallest absolute Gasteiger partial charge is 0.165 e. The molecular weight excluding hydrogens is 279 g/mol. The van der Waals surface area contributed by atoms with Crippen molar-refractivity contribution in [3.63, 3.8) is 0 Å². The lowest BCUT2D eigenvalue weighted by Crippen LogP contribution is -2.23. The van der Waals surface area contributed by atoms with Gasteiger partial charge >= 0.3 is 0 Å². The van der Waals surface area contributed by atoms with Crippen LogP contribution in [0.1, 0.15) is 24.1 Å². The van der Waals surface area contributed by atoms with Crippen LogP contribution in [0.3, 0.4) is 0 Å². The second kappa shape index (κ2) is 6.63. The van der Waals surface area contributed by atoms with E-state index in [4.69, 9.17) is 4.74 Å². The van der Waals surface area contributed by atoms with E-state index >= 15 is 0 Å². The van der Waals surface area contributed by atoms with Crippen molar-refractivity contribution in [2.75, 3.05) is 13.7 Å². The van der Waals surface area contributed by atoms with Gasteiger partial charge in [0.15, 0.2) is 11.6 Å². The molecule has 112 valence electrons. The fourth-order valence-corrected chi connectivity index (χ4v) is 2.20. The molecule has 0 saturated carbocycles. The maximum Gasteiger partial charge on any atom is 0.165 e. The van der Waals surface area contributed by atoms with Gasteiger partial charge in [-0.25, -0.2) is 13.2 Å². The Bertz CT molecular complexity index is 631. The normalized spacial score (nSPS) is 12.2. The Hall–Kier alpha value is -2.01. The zero-order chi connectivity index (χ0) is 15.4. The second-order valence-corrected chi connectivity index (χ2v) is 4.55. The van der Waals surface area contributed by atoms with Crippen molar-refractivity contribution < 1.29 is 17.9 Å². The summed E-state index contributed by atoms with van der Waals surface area (Å²) in [6.45, 7) is 2.39. The number of methoxy groups -OCH3 is 1. The molecule has 21 heavy (non-hydrogen) atoms. The van der Waals surface area contributed by atoms with Crippen molar-refractivity contribution in [3.8, 4) is 5.75 Å². The lowest BCUT2D eigenvalue weighted by atomic mass is 9.97. The summed E-state index contributed by atoms with van der Waals surface area (Å²) in [5, 5.41) is 3.07. The first kappa shape index (κ1) is 15.4. The van der Waals surface area contributed by atoms with Gasteiger partial charge < -0.3 is 10.1 Å². The van der Waals surface area contributed by atoms with E-state index in [-0.39, 0.29) is 11.3 Å². The van der Waals surface area contributed by atoms with E-state index in [9.17, 15) is 13.2 Å². The number of nitrogens with one attached hydrogen (secondary N) is 1. The number of hydrogen-bond donors (Lipinski definition) is 1. The molecule has 2 aromatic carbocycles. The molecule has 1 N–H and O–H groups in total. The molecule has 0 spiro atoms. The Labute approximate surface area is 121 Å². The van der Waals surface area contributed by atoms with Crippen molar-refractivity contribution in [2.24, 2.45) is 0 Å². The summed E-state index contributed by atoms with van der Waals surface area (Å²) in [5.74, 6) is -1.49. The minimum Gasteiger partial charge on any atom is -0.494 e. The average Bonchev–Trinajstić information content (AvgIpc) is 2.48. The molecule has 0 fully saturated rings. The molecule has 0 radical (unpaired) electrons. The van der Waals surface area contributed by atoms with E-state index in [1.54, 1.807) is 0 Å². The van der Waals surface area contributed by atoms with Crippen molar-refractivity contribution in [1.82, 2.24) is 5.32 Å². The molecule has 2 aromatic rings. The third-order valence-electron chi connectivity index (χ3n) is 3.19. The Morgan fingerprint density at radius 1 is 1.05 bits per heavy atom. The summed E-state index contributed by atoms with van der Waals surface area (Å²) < 4.78 is 45.8. The van der Waals surface area contributed by atoms with Crippen LogP contribution in [-0.4, -0.2) is 13.7 Å². The summed E-state index contributed by atoms with van der Waals surface area (Å²) in [7, 11) is 1.35. The van der Waals surface area contributed by atoms with Gasteiger partial charge in [-0.05, 0) is 42.4 Å². The third kappa shape index (κ3) is 3.36. The summed E-state index contributed by atoms with van der Waals surface area (Å²) >= 11 is 0. The SMILES string of the molecule is CCNC(c1ccc(F)c(OC)c1)c1cc(F)ccc1F. The lowest BCUT2D eigenvalue weighted by molar-refractivity contribution is 0.385. The Kier molecular flexibility index (Phi) is 4.85. The largest absolute Gasteiger partial charge is 0.494 e. The molecule has 0 amide bonds. The highest BCUT2D eigenvalue weighted by Gasteiger charge is 2.19. The molecule has 1 unspecified atom stereocenters. The highest BCUT2D eigenvalue weighted by Crippen LogP contribution is 2.29. The van der Waals surface area contributed by atoms with E-state index in [1.807, 2.05) is 6.92 Å². The maximum absolute atomic E-state index is 14.0. The summed E-state index contributed by atoms with van der Waals surface area (Å²) in [5.41, 5.74) is 0.769. The quantitative estimate of drug-likeness (QED) is 0.905. The van der Waals surface area contributed by atoms with Crippen LogP contribution >= 0.6 is 0 Å². The van der Waals surface area contributed by atoms with E-state index in [2.05, 4.69) is 5.32 Å². The molecule has 0 aliphatic heterocycles. The highest BCUT2D eigenvalue weighted by molar-refractivity contribution is 5.38. The van der Waals surface area contributed by atoms with Crippen molar-refractivity contribution in [2.45, 2.75) is 13.0 Å². The fourth-order valence-electron chi connectivity index (χ4n) is 2.20. The molecule has 0 aliphatic carbocycles. The van der Waals surface area contributed by atoms with Gasteiger partial charge in [0.2, 0.25) is 0 Å². The van der Waals surface area contributed by atoms with Crippen LogP contribution in [0.15, 0.2) is 36.4 Å². The molecule has 2 nitrogen and oxygen atoms in total. The van der Waals surface area contributed by atoms with Gasteiger partial charge in [-0.2, -0.15) is 0 Å². The predicted molar refractivity (Wildman–Crippen MR) is 74.8 cm³/mol. The zero-order valence-electron chi connectivity index (χ0n) is 11.8. The first-order valence-electron chi connectivity index (χ1n) is 6.58. The van der Waals surface area contributed by atoms with E-state index < -0.39 is 23.5 Å². The zero-order valence-corrected chi connectivity index (χ0v) is 11.8. The lowest BCUT2D eigenvalue weighted by Gasteiger charge is -2.20. The average molecular weight is 295 g/mol. The van der Waals surface area contributed by atoms with Gasteiger partial charge in [0.25, 0.3) is 0 Å². The standard InChI is InChI=1S/C16H16F3NO/c1-3-20-16(12-9-11(17)5-7-13(12)18)10-4-6-14(19)15(8-10)21-2/h4-9,16,20H,3H2,1-2H3. The van der Waals surface area contributed by atoms with E-state index in [0.717, 1.165) is 18.2 Å². The molecule has 5 heteroatoms. The van der Waals surface area contributed by atoms with Gasteiger partial charge in [0, 0.05) is 5.56 Å². The fraction of sp³-hybridized carbons (Fsp3) is 0.250. The number of hydrogen-bond acceptors (Lipinski definition) is 2. The molecular formula is C16H16F3NO. The number of ether oxygens (including phenoxy) is 1. The third-order valence-corrected chi connectivity index (χ3v) is 3.19. The second-order valence-electron chi connectivity index (χ2n) is 4.55. The first-order valence-corrected chi connectivity index (χ1v) is 6.58. The van der Waals surface area contributed by atoms with Crippen LogP contribution in [0.4, 0.5) is 13.2 Å². The Morgan fingerprint density at radius 3 is 2.43 bits per heavy atom. The van der Waals surface area contributed by atoms with Crippen molar-refractivity contribution in [1.29, 1.82) is 0 Å². The van der Waals surface area contributed by atoms with Crippen LogP contribution in [-0.2, 0) is 0 Å². The number of halogens is 3. The predicted octanol–water partition coefficient (Wildman–Crippen LogP) is 3.81. The van der Waals surface area contributed by atoms with Crippen LogP contribution in [0.2, 0.25) is 0 Å². The minimum absolute atomic E-state index is 0.0622. The molecule has 0 saturated heterocycles. The van der Waals surface area contributed by atoms with Crippen LogP contribution in [0.5, 0.6) is 5.75 Å². The maximum atomic E-state index is 14.0. The molecule has 0 bridgehead atoms. The first-order chi connectivity index (χ1) is 10.1. The monoisotopic (exact) mass is 295 g/mol. The van der Waals surface area contributed by atoms with Crippen LogP contribution < -0.4 is 10.1 Å². The van der Waals surface area contributed by atoms with Gasteiger partial charge in [-0.15, -0.1) is 0 Å². The van der Waals surface area contributed by atoms with Gasteiger partial charge in [-0.3, -0.25) is 0 Å². The topological polar surface area (TPSA) is 21.3 Å². The van der Waals surface area contributed by atoms with Gasteiger partial charge in [0.1, 0.15) is 11.6 Å². The Morgan fingerprint density at radius 2 is 1.76 bits per heavy atom. The van der Waals surface area contributed by atoms with E-state index in [1.165, 1.54) is 25.3 Å². The van der Waals surface area contributed by atoms with Crippen LogP contribution in [0, 0.1) is 17.5 Å². The van der Waals surface area contributed by atoms with Crippen molar-refractivity contribution in [3.05, 3.63) is 65.0 Å². The highest BCUT2D eigenvalue weighted by atomic mass is 19.1. The van der Waals surface area contributed by atoms with Crippen LogP contribution in [0.25, 0.3) is 0 Å². The molecule has 0 aromatic heterocycles. The molecule has 1 atom stereocenters.